The lowest BCUT2D eigenvalue weighted by Gasteiger charge is -2.29. The fourth-order valence-corrected chi connectivity index (χ4v) is 4.80. The Morgan fingerprint density at radius 2 is 1.60 bits per heavy atom. The Morgan fingerprint density at radius 1 is 0.971 bits per heavy atom. The zero-order valence-electron chi connectivity index (χ0n) is 21.0. The molecular formula is C29H38N2O3S. The van der Waals surface area contributed by atoms with Crippen LogP contribution in [0, 0.1) is 5.92 Å². The molecule has 2 aromatic carbocycles. The lowest BCUT2D eigenvalue weighted by molar-refractivity contribution is -0.121. The highest BCUT2D eigenvalue weighted by Crippen LogP contribution is 2.17. The van der Waals surface area contributed by atoms with Gasteiger partial charge in [-0.2, -0.15) is 0 Å². The van der Waals surface area contributed by atoms with Crippen LogP contribution in [0.1, 0.15) is 43.9 Å². The number of rotatable bonds is 15. The summed E-state index contributed by atoms with van der Waals surface area (Å²) in [4.78, 5) is 25.8. The Hall–Kier alpha value is -2.99. The molecule has 2 atom stereocenters. The van der Waals surface area contributed by atoms with E-state index in [-0.39, 0.29) is 42.3 Å². The molecule has 3 N–H and O–H groups in total. The summed E-state index contributed by atoms with van der Waals surface area (Å²) in [6, 6.07) is 16.9. The number of hydrogen-bond acceptors (Lipinski definition) is 5. The van der Waals surface area contributed by atoms with Crippen LogP contribution in [0.2, 0.25) is 0 Å². The van der Waals surface area contributed by atoms with Crippen molar-refractivity contribution in [3.63, 3.8) is 0 Å². The Morgan fingerprint density at radius 3 is 2.20 bits per heavy atom. The van der Waals surface area contributed by atoms with E-state index in [0.717, 1.165) is 28.9 Å². The second-order valence-electron chi connectivity index (χ2n) is 9.03. The topological polar surface area (TPSA) is 78.4 Å². The van der Waals surface area contributed by atoms with Crippen molar-refractivity contribution >= 4 is 23.5 Å². The average Bonchev–Trinajstić information content (AvgIpc) is 2.82. The van der Waals surface area contributed by atoms with Gasteiger partial charge in [-0.05, 0) is 29.0 Å². The maximum Gasteiger partial charge on any atom is 0.224 e. The van der Waals surface area contributed by atoms with Gasteiger partial charge in [-0.25, -0.2) is 0 Å². The first-order valence-corrected chi connectivity index (χ1v) is 13.2. The molecule has 0 radical (unpaired) electrons. The minimum absolute atomic E-state index is 0.0482. The quantitative estimate of drug-likeness (QED) is 0.290. The summed E-state index contributed by atoms with van der Waals surface area (Å²) in [6.07, 6.45) is 1.24. The first-order chi connectivity index (χ1) is 16.7. The van der Waals surface area contributed by atoms with E-state index >= 15 is 0 Å². The van der Waals surface area contributed by atoms with E-state index in [4.69, 9.17) is 0 Å². The zero-order valence-corrected chi connectivity index (χ0v) is 21.9. The van der Waals surface area contributed by atoms with Gasteiger partial charge in [0.25, 0.3) is 0 Å². The van der Waals surface area contributed by atoms with Crippen LogP contribution in [-0.4, -0.2) is 34.6 Å². The first kappa shape index (κ1) is 28.2. The predicted molar refractivity (Wildman–Crippen MR) is 146 cm³/mol. The van der Waals surface area contributed by atoms with Gasteiger partial charge in [0.15, 0.2) is 5.78 Å². The van der Waals surface area contributed by atoms with E-state index < -0.39 is 6.04 Å². The van der Waals surface area contributed by atoms with Crippen LogP contribution < -0.4 is 10.6 Å². The highest BCUT2D eigenvalue weighted by molar-refractivity contribution is 7.99. The third-order valence-corrected chi connectivity index (χ3v) is 6.78. The number of aliphatic hydroxyl groups excluding tert-OH is 1. The molecule has 0 fully saturated rings. The fourth-order valence-electron chi connectivity index (χ4n) is 3.87. The first-order valence-electron chi connectivity index (χ1n) is 12.0. The molecule has 0 saturated heterocycles. The molecule has 0 unspecified atom stereocenters. The normalized spacial score (nSPS) is 12.6. The predicted octanol–water partition coefficient (Wildman–Crippen LogP) is 5.37. The number of Topliss-reactive ketones (excluding diaryl/α,β-unsaturated/α-hetero) is 1. The number of ketones is 1. The van der Waals surface area contributed by atoms with Crippen LogP contribution in [0.3, 0.4) is 0 Å². The Labute approximate surface area is 214 Å². The summed E-state index contributed by atoms with van der Waals surface area (Å²) in [7, 11) is 0. The lowest BCUT2D eigenvalue weighted by atomic mass is 9.98. The van der Waals surface area contributed by atoms with Crippen molar-refractivity contribution < 1.29 is 14.7 Å². The highest BCUT2D eigenvalue weighted by atomic mass is 32.2. The molecule has 0 aromatic heterocycles. The summed E-state index contributed by atoms with van der Waals surface area (Å²) in [6.45, 7) is 13.8. The van der Waals surface area contributed by atoms with Crippen LogP contribution in [0.15, 0.2) is 79.2 Å². The van der Waals surface area contributed by atoms with Crippen LogP contribution in [0.4, 0.5) is 0 Å². The smallest absolute Gasteiger partial charge is 0.224 e. The molecular weight excluding hydrogens is 456 g/mol. The fraction of sp³-hybridized carbons (Fsp3) is 0.379. The molecule has 1 amide bonds. The summed E-state index contributed by atoms with van der Waals surface area (Å²) < 4.78 is 0. The third-order valence-electron chi connectivity index (χ3n) is 5.75. The zero-order chi connectivity index (χ0) is 25.8. The van der Waals surface area contributed by atoms with E-state index in [1.54, 1.807) is 0 Å². The summed E-state index contributed by atoms with van der Waals surface area (Å²) in [5.41, 5.74) is 3.86. The van der Waals surface area contributed by atoms with Crippen molar-refractivity contribution in [3.05, 3.63) is 95.9 Å². The Balaban J connectivity index is 2.00. The molecule has 2 rings (SSSR count). The maximum absolute atomic E-state index is 13.0. The van der Waals surface area contributed by atoms with Gasteiger partial charge >= 0.3 is 0 Å². The molecule has 188 valence electrons. The Kier molecular flexibility index (Phi) is 11.6. The number of carbonyl (C=O) groups excluding carboxylic acids is 2. The number of aryl methyl sites for hydroxylation is 1. The van der Waals surface area contributed by atoms with E-state index in [1.165, 1.54) is 11.8 Å². The van der Waals surface area contributed by atoms with Crippen LogP contribution in [0.25, 0.3) is 0 Å². The molecule has 0 bridgehead atoms. The van der Waals surface area contributed by atoms with Crippen molar-refractivity contribution in [3.8, 4) is 0 Å². The van der Waals surface area contributed by atoms with Gasteiger partial charge in [0, 0.05) is 17.9 Å². The molecule has 0 spiro atoms. The minimum Gasteiger partial charge on any atom is -0.513 e. The standard InChI is InChI=1S/C29H38N2O3S/c1-6-24-14-10-11-15-25(24)17-28(34)31-29(20(2)3)22(5)30-26(16-21(4)32)27(33)19-35-18-23-12-8-7-9-13-23/h7-15,20,26,29-30,32H,4-6,16-19H2,1-3H3,(H,31,34)/t26-,29-/m0/s1. The highest BCUT2D eigenvalue weighted by Gasteiger charge is 2.25. The molecule has 0 saturated carbocycles. The average molecular weight is 495 g/mol. The third kappa shape index (κ3) is 9.65. The van der Waals surface area contributed by atoms with Gasteiger partial charge in [-0.1, -0.05) is 88.5 Å². The number of aliphatic hydroxyl groups is 1. The molecule has 0 aliphatic carbocycles. The molecule has 5 nitrogen and oxygen atoms in total. The number of benzene rings is 2. The minimum atomic E-state index is -0.665. The summed E-state index contributed by atoms with van der Waals surface area (Å²) in [5.74, 6) is 0.858. The van der Waals surface area contributed by atoms with E-state index in [1.807, 2.05) is 68.4 Å². The number of carbonyl (C=O) groups is 2. The number of amides is 1. The van der Waals surface area contributed by atoms with E-state index in [0.29, 0.717) is 11.4 Å². The van der Waals surface area contributed by atoms with Crippen molar-refractivity contribution in [2.45, 2.75) is 57.9 Å². The van der Waals surface area contributed by atoms with E-state index in [2.05, 4.69) is 30.7 Å². The van der Waals surface area contributed by atoms with Crippen molar-refractivity contribution in [1.82, 2.24) is 10.6 Å². The molecule has 6 heteroatoms. The van der Waals surface area contributed by atoms with Gasteiger partial charge < -0.3 is 15.7 Å². The van der Waals surface area contributed by atoms with Crippen LogP contribution in [-0.2, 0) is 28.2 Å². The summed E-state index contributed by atoms with van der Waals surface area (Å²) in [5, 5.41) is 16.1. The monoisotopic (exact) mass is 494 g/mol. The molecule has 0 aliphatic heterocycles. The second kappa shape index (κ2) is 14.4. The van der Waals surface area contributed by atoms with Crippen molar-refractivity contribution in [2.24, 2.45) is 5.92 Å². The van der Waals surface area contributed by atoms with Crippen LogP contribution in [0.5, 0.6) is 0 Å². The van der Waals surface area contributed by atoms with Gasteiger partial charge in [-0.15, -0.1) is 11.8 Å². The maximum atomic E-state index is 13.0. The molecule has 0 aliphatic rings. The van der Waals surface area contributed by atoms with Gasteiger partial charge in [0.1, 0.15) is 0 Å². The SMILES string of the molecule is C=C(O)C[C@H](NC(=C)[C@@H](NC(=O)Cc1ccccc1CC)C(C)C)C(=O)CSCc1ccccc1. The summed E-state index contributed by atoms with van der Waals surface area (Å²) >= 11 is 1.53. The number of hydrogen-bond donors (Lipinski definition) is 3. The molecule has 2 aromatic rings. The van der Waals surface area contributed by atoms with Crippen LogP contribution >= 0.6 is 11.8 Å². The Bertz CT molecular complexity index is 1000. The number of thioether (sulfide) groups is 1. The van der Waals surface area contributed by atoms with Gasteiger partial charge in [0.2, 0.25) is 5.91 Å². The second-order valence-corrected chi connectivity index (χ2v) is 10.0. The van der Waals surface area contributed by atoms with Crippen molar-refractivity contribution in [2.75, 3.05) is 5.75 Å². The van der Waals surface area contributed by atoms with Gasteiger partial charge in [-0.3, -0.25) is 9.59 Å². The molecule has 35 heavy (non-hydrogen) atoms. The van der Waals surface area contributed by atoms with E-state index in [9.17, 15) is 14.7 Å². The molecule has 0 heterocycles. The van der Waals surface area contributed by atoms with Gasteiger partial charge in [0.05, 0.1) is 30.0 Å². The number of nitrogens with one attached hydrogen (secondary N) is 2. The lowest BCUT2D eigenvalue weighted by Crippen LogP contribution is -2.48. The van der Waals surface area contributed by atoms with Crippen molar-refractivity contribution in [1.29, 1.82) is 0 Å². The largest absolute Gasteiger partial charge is 0.513 e.